The summed E-state index contributed by atoms with van der Waals surface area (Å²) in [5.74, 6) is -2.13. The van der Waals surface area contributed by atoms with E-state index < -0.39 is 54.6 Å². The molecule has 5 heteroatoms. The van der Waals surface area contributed by atoms with Gasteiger partial charge in [0.2, 0.25) is 6.27 Å². The molecular weight excluding hydrogens is 321 g/mol. The van der Waals surface area contributed by atoms with Crippen LogP contribution in [0.1, 0.15) is 34.4 Å². The fraction of sp³-hybridized carbons (Fsp3) is 0.400. The van der Waals surface area contributed by atoms with Crippen LogP contribution in [-0.2, 0) is 0 Å². The molecule has 2 heterocycles. The van der Waals surface area contributed by atoms with Gasteiger partial charge in [-0.3, -0.25) is 0 Å². The summed E-state index contributed by atoms with van der Waals surface area (Å²) in [5, 5.41) is 3.08. The molecule has 2 aromatic carbocycles. The maximum Gasteiger partial charge on any atom is 0.238 e. The first-order chi connectivity index (χ1) is 14.9. The second kappa shape index (κ2) is 6.92. The van der Waals surface area contributed by atoms with Crippen molar-refractivity contribution < 1.29 is 28.2 Å². The number of rotatable bonds is 4. The Morgan fingerprint density at radius 3 is 2.96 bits per heavy atom. The zero-order chi connectivity index (χ0) is 23.4. The van der Waals surface area contributed by atoms with Gasteiger partial charge in [-0.25, -0.2) is 4.39 Å². The van der Waals surface area contributed by atoms with Gasteiger partial charge in [0.05, 0.1) is 14.8 Å². The lowest BCUT2D eigenvalue weighted by molar-refractivity contribution is 0.0678. The number of halogens is 1. The smallest absolute Gasteiger partial charge is 0.238 e. The van der Waals surface area contributed by atoms with E-state index in [9.17, 15) is 4.39 Å². The third-order valence-corrected chi connectivity index (χ3v) is 4.22. The fourth-order valence-electron chi connectivity index (χ4n) is 3.01. The Bertz CT molecular complexity index is 1040. The Balaban J connectivity index is 1.66. The molecule has 0 amide bonds. The zero-order valence-corrected chi connectivity index (χ0v) is 13.6. The van der Waals surface area contributed by atoms with Gasteiger partial charge in [-0.15, -0.1) is 0 Å². The van der Waals surface area contributed by atoms with Gasteiger partial charge in [-0.05, 0) is 48.7 Å². The summed E-state index contributed by atoms with van der Waals surface area (Å²) in [6, 6.07) is 1.87. The van der Waals surface area contributed by atoms with Crippen LogP contribution in [0.4, 0.5) is 4.39 Å². The van der Waals surface area contributed by atoms with Crippen molar-refractivity contribution in [1.82, 2.24) is 5.32 Å². The van der Waals surface area contributed by atoms with Crippen molar-refractivity contribution in [3.8, 4) is 17.2 Å². The molecule has 0 spiro atoms. The Morgan fingerprint density at radius 1 is 1.32 bits per heavy atom. The van der Waals surface area contributed by atoms with Crippen molar-refractivity contribution in [3.63, 3.8) is 0 Å². The minimum Gasteiger partial charge on any atom is -0.493 e. The van der Waals surface area contributed by atoms with Crippen LogP contribution in [0.15, 0.2) is 42.4 Å². The van der Waals surface area contributed by atoms with Crippen LogP contribution >= 0.6 is 0 Å². The third kappa shape index (κ3) is 3.56. The standard InChI is InChI=1S/C20H22FNO3/c1-13-24-19-7-6-17(10-20(19)25-13)23-12-15-11-22-9-8-18(15)14-2-4-16(21)5-3-14/h2-7,10,13,15,18,22H,8-9,11-12H2,1H3/t13?,15-,18-/m0/s1/i2D,3D,4D,5D,12D2,13D. The molecule has 2 aliphatic rings. The molecule has 1 saturated heterocycles. The number of fused-ring (bicyclic) bond motifs is 1. The Hall–Kier alpha value is -2.27. The minimum absolute atomic E-state index is 0.0176. The highest BCUT2D eigenvalue weighted by Gasteiger charge is 2.27. The molecule has 0 aliphatic carbocycles. The largest absolute Gasteiger partial charge is 0.493 e. The van der Waals surface area contributed by atoms with Crippen molar-refractivity contribution in [1.29, 1.82) is 0 Å². The molecule has 2 aliphatic heterocycles. The zero-order valence-electron chi connectivity index (χ0n) is 20.6. The minimum atomic E-state index is -2.28. The lowest BCUT2D eigenvalue weighted by Gasteiger charge is -2.32. The van der Waals surface area contributed by atoms with E-state index in [1.807, 2.05) is 0 Å². The highest BCUT2D eigenvalue weighted by molar-refractivity contribution is 5.47. The van der Waals surface area contributed by atoms with Crippen molar-refractivity contribution in [3.05, 3.63) is 53.7 Å². The Morgan fingerprint density at radius 2 is 2.12 bits per heavy atom. The molecule has 132 valence electrons. The van der Waals surface area contributed by atoms with Gasteiger partial charge < -0.3 is 19.5 Å². The monoisotopic (exact) mass is 350 g/mol. The molecule has 1 fully saturated rings. The van der Waals surface area contributed by atoms with Gasteiger partial charge in [0, 0.05) is 25.5 Å². The van der Waals surface area contributed by atoms with E-state index in [0.717, 1.165) is 0 Å². The number of ether oxygens (including phenoxy) is 3. The SMILES string of the molecule is [2H]c1c([2H])c([C@@H]2CCNC[C@H]2C([2H])([2H])Oc2ccc3c(c2)OC([2H])(C)O3)c([2H])c([2H])c1F. The lowest BCUT2D eigenvalue weighted by atomic mass is 9.81. The molecule has 1 unspecified atom stereocenters. The fourth-order valence-corrected chi connectivity index (χ4v) is 3.01. The predicted octanol–water partition coefficient (Wildman–Crippen LogP) is 3.72. The summed E-state index contributed by atoms with van der Waals surface area (Å²) in [4.78, 5) is 0. The average Bonchev–Trinajstić information content (AvgIpc) is 3.04. The van der Waals surface area contributed by atoms with Crippen LogP contribution < -0.4 is 19.5 Å². The maximum atomic E-state index is 14.0. The van der Waals surface area contributed by atoms with Gasteiger partial charge in [-0.2, -0.15) is 0 Å². The molecule has 2 aromatic rings. The summed E-state index contributed by atoms with van der Waals surface area (Å²) in [6.45, 7) is -0.232. The van der Waals surface area contributed by atoms with Crippen molar-refractivity contribution in [2.24, 2.45) is 5.92 Å². The average molecular weight is 350 g/mol. The molecule has 3 atom stereocenters. The van der Waals surface area contributed by atoms with E-state index in [2.05, 4.69) is 5.32 Å². The van der Waals surface area contributed by atoms with Crippen LogP contribution in [0.3, 0.4) is 0 Å². The van der Waals surface area contributed by atoms with Gasteiger partial charge in [0.1, 0.15) is 12.9 Å². The summed E-state index contributed by atoms with van der Waals surface area (Å²) >= 11 is 0. The van der Waals surface area contributed by atoms with Crippen LogP contribution in [0.5, 0.6) is 17.2 Å². The second-order valence-corrected chi connectivity index (χ2v) is 5.96. The normalized spacial score (nSPS) is 32.5. The van der Waals surface area contributed by atoms with E-state index in [1.54, 1.807) is 0 Å². The van der Waals surface area contributed by atoms with E-state index in [4.69, 9.17) is 23.8 Å². The van der Waals surface area contributed by atoms with Gasteiger partial charge >= 0.3 is 0 Å². The second-order valence-electron chi connectivity index (χ2n) is 5.96. The van der Waals surface area contributed by atoms with Crippen molar-refractivity contribution in [2.45, 2.75) is 25.5 Å². The number of benzene rings is 2. The lowest BCUT2D eigenvalue weighted by Crippen LogP contribution is -2.38. The van der Waals surface area contributed by atoms with E-state index in [0.29, 0.717) is 18.7 Å². The molecule has 25 heavy (non-hydrogen) atoms. The summed E-state index contributed by atoms with van der Waals surface area (Å²) in [6.07, 6.45) is -1.26. The first kappa shape index (κ1) is 10.0. The number of hydrogen-bond donors (Lipinski definition) is 1. The third-order valence-electron chi connectivity index (χ3n) is 4.22. The predicted molar refractivity (Wildman–Crippen MR) is 92.8 cm³/mol. The van der Waals surface area contributed by atoms with Gasteiger partial charge in [-0.1, -0.05) is 12.1 Å². The molecule has 4 rings (SSSR count). The highest BCUT2D eigenvalue weighted by atomic mass is 19.1. The molecular formula is C20H22FNO3. The molecule has 0 radical (unpaired) electrons. The maximum absolute atomic E-state index is 14.0. The summed E-state index contributed by atoms with van der Waals surface area (Å²) in [7, 11) is 0. The Labute approximate surface area is 156 Å². The van der Waals surface area contributed by atoms with Crippen molar-refractivity contribution >= 4 is 0 Å². The summed E-state index contributed by atoms with van der Waals surface area (Å²) < 4.78 is 87.4. The first-order valence-electron chi connectivity index (χ1n) is 11.6. The number of piperidine rings is 1. The van der Waals surface area contributed by atoms with Crippen molar-refractivity contribution in [2.75, 3.05) is 19.6 Å². The van der Waals surface area contributed by atoms with Gasteiger partial charge in [0.25, 0.3) is 0 Å². The van der Waals surface area contributed by atoms with Crippen LogP contribution in [0.2, 0.25) is 0 Å². The first-order valence-corrected chi connectivity index (χ1v) is 8.09. The number of nitrogens with one attached hydrogen (secondary N) is 1. The van der Waals surface area contributed by atoms with Crippen LogP contribution in [-0.4, -0.2) is 25.9 Å². The Kier molecular flexibility index (Phi) is 2.77. The number of hydrogen-bond acceptors (Lipinski definition) is 4. The van der Waals surface area contributed by atoms with Crippen LogP contribution in [0, 0.1) is 11.7 Å². The molecule has 0 bridgehead atoms. The molecule has 1 N–H and O–H groups in total. The van der Waals surface area contributed by atoms with E-state index in [1.165, 1.54) is 25.1 Å². The van der Waals surface area contributed by atoms with Crippen LogP contribution in [0.25, 0.3) is 0 Å². The highest BCUT2D eigenvalue weighted by Crippen LogP contribution is 2.38. The quantitative estimate of drug-likeness (QED) is 0.912. The molecule has 0 saturated carbocycles. The summed E-state index contributed by atoms with van der Waals surface area (Å²) in [5.41, 5.74) is -0.0176. The van der Waals surface area contributed by atoms with E-state index in [-0.39, 0.29) is 23.6 Å². The van der Waals surface area contributed by atoms with Gasteiger partial charge in [0.15, 0.2) is 11.5 Å². The van der Waals surface area contributed by atoms with E-state index >= 15 is 0 Å². The topological polar surface area (TPSA) is 39.7 Å². The molecule has 0 aromatic heterocycles. The molecule has 4 nitrogen and oxygen atoms in total.